The van der Waals surface area contributed by atoms with Crippen LogP contribution in [0, 0.1) is 12.7 Å². The average molecular weight is 239 g/mol. The molecule has 0 fully saturated rings. The smallest absolute Gasteiger partial charge is 0.123 e. The molecular weight excluding hydrogens is 217 g/mol. The average Bonchev–Trinajstić information content (AvgIpc) is 2.26. The van der Waals surface area contributed by atoms with E-state index in [9.17, 15) is 4.39 Å². The van der Waals surface area contributed by atoms with Gasteiger partial charge in [-0.15, -0.1) is 0 Å². The lowest BCUT2D eigenvalue weighted by molar-refractivity contribution is 0.00740. The van der Waals surface area contributed by atoms with Crippen LogP contribution in [0.1, 0.15) is 37.4 Å². The Morgan fingerprint density at radius 2 is 2.06 bits per heavy atom. The molecule has 0 amide bonds. The van der Waals surface area contributed by atoms with Crippen molar-refractivity contribution in [3.05, 3.63) is 35.1 Å². The topological polar surface area (TPSA) is 21.3 Å². The number of nitrogens with one attached hydrogen (secondary N) is 1. The number of ether oxygens (including phenoxy) is 1. The molecule has 2 nitrogen and oxygen atoms in total. The first-order valence-electron chi connectivity index (χ1n) is 5.88. The summed E-state index contributed by atoms with van der Waals surface area (Å²) in [6, 6.07) is 5.09. The van der Waals surface area contributed by atoms with Crippen LogP contribution in [-0.4, -0.2) is 19.8 Å². The maximum Gasteiger partial charge on any atom is 0.123 e. The number of hydrogen-bond acceptors (Lipinski definition) is 2. The fourth-order valence-electron chi connectivity index (χ4n) is 1.97. The molecule has 0 aliphatic rings. The van der Waals surface area contributed by atoms with Crippen molar-refractivity contribution in [2.24, 2.45) is 0 Å². The molecule has 0 aromatic heterocycles. The molecule has 0 radical (unpaired) electrons. The number of rotatable bonds is 5. The summed E-state index contributed by atoms with van der Waals surface area (Å²) >= 11 is 0. The van der Waals surface area contributed by atoms with Gasteiger partial charge in [-0.05, 0) is 57.5 Å². The zero-order valence-electron chi connectivity index (χ0n) is 11.3. The first-order valence-corrected chi connectivity index (χ1v) is 5.88. The number of methoxy groups -OCH3 is 1. The van der Waals surface area contributed by atoms with E-state index in [-0.39, 0.29) is 17.5 Å². The summed E-state index contributed by atoms with van der Waals surface area (Å²) in [6.07, 6.45) is 0.840. The van der Waals surface area contributed by atoms with Gasteiger partial charge in [0.25, 0.3) is 0 Å². The third kappa shape index (κ3) is 3.79. The summed E-state index contributed by atoms with van der Waals surface area (Å²) in [5.41, 5.74) is 1.89. The van der Waals surface area contributed by atoms with E-state index in [0.717, 1.165) is 17.5 Å². The van der Waals surface area contributed by atoms with Crippen molar-refractivity contribution in [1.29, 1.82) is 0 Å². The summed E-state index contributed by atoms with van der Waals surface area (Å²) < 4.78 is 18.5. The van der Waals surface area contributed by atoms with E-state index in [0.29, 0.717) is 0 Å². The Bertz CT molecular complexity index is 376. The molecular formula is C14H22FNO. The summed E-state index contributed by atoms with van der Waals surface area (Å²) in [5, 5.41) is 3.27. The molecule has 0 saturated heterocycles. The summed E-state index contributed by atoms with van der Waals surface area (Å²) in [5.74, 6) is -0.188. The van der Waals surface area contributed by atoms with Crippen molar-refractivity contribution in [1.82, 2.24) is 5.32 Å². The van der Waals surface area contributed by atoms with Crippen LogP contribution in [0.4, 0.5) is 4.39 Å². The van der Waals surface area contributed by atoms with Crippen molar-refractivity contribution in [3.8, 4) is 0 Å². The first-order chi connectivity index (χ1) is 7.89. The number of hydrogen-bond donors (Lipinski definition) is 1. The molecule has 1 N–H and O–H groups in total. The largest absolute Gasteiger partial charge is 0.379 e. The van der Waals surface area contributed by atoms with Gasteiger partial charge in [0, 0.05) is 13.2 Å². The predicted octanol–water partition coefficient (Wildman–Crippen LogP) is 3.21. The Balaban J connectivity index is 2.94. The van der Waals surface area contributed by atoms with E-state index in [4.69, 9.17) is 4.74 Å². The Kier molecular flexibility index (Phi) is 4.66. The van der Waals surface area contributed by atoms with Crippen LogP contribution < -0.4 is 5.32 Å². The molecule has 1 unspecified atom stereocenters. The Morgan fingerprint density at radius 3 is 2.53 bits per heavy atom. The molecule has 1 rings (SSSR count). The maximum atomic E-state index is 13.1. The first kappa shape index (κ1) is 14.1. The number of benzene rings is 1. The lowest BCUT2D eigenvalue weighted by Gasteiger charge is -2.29. The van der Waals surface area contributed by atoms with Crippen LogP contribution in [-0.2, 0) is 4.74 Å². The van der Waals surface area contributed by atoms with Crippen molar-refractivity contribution in [2.75, 3.05) is 14.2 Å². The van der Waals surface area contributed by atoms with Crippen LogP contribution in [0.2, 0.25) is 0 Å². The van der Waals surface area contributed by atoms with Gasteiger partial charge in [0.1, 0.15) is 5.82 Å². The van der Waals surface area contributed by atoms with E-state index in [2.05, 4.69) is 19.2 Å². The fraction of sp³-hybridized carbons (Fsp3) is 0.571. The maximum absolute atomic E-state index is 13.1. The Hall–Kier alpha value is -0.930. The van der Waals surface area contributed by atoms with Crippen LogP contribution in [0.25, 0.3) is 0 Å². The number of aryl methyl sites for hydroxylation is 1. The highest BCUT2D eigenvalue weighted by molar-refractivity contribution is 5.29. The standard InChI is InChI=1S/C14H22FNO/c1-10-8-11(15)6-7-12(10)13(16-4)9-14(2,3)17-5/h6-8,13,16H,9H2,1-5H3. The normalized spacial score (nSPS) is 13.8. The highest BCUT2D eigenvalue weighted by Crippen LogP contribution is 2.27. The third-order valence-corrected chi connectivity index (χ3v) is 3.20. The Morgan fingerprint density at radius 1 is 1.41 bits per heavy atom. The van der Waals surface area contributed by atoms with Crippen LogP contribution in [0.5, 0.6) is 0 Å². The van der Waals surface area contributed by atoms with E-state index in [1.54, 1.807) is 13.2 Å². The van der Waals surface area contributed by atoms with Gasteiger partial charge in [-0.3, -0.25) is 0 Å². The molecule has 1 aromatic rings. The fourth-order valence-corrected chi connectivity index (χ4v) is 1.97. The monoisotopic (exact) mass is 239 g/mol. The van der Waals surface area contributed by atoms with E-state index < -0.39 is 0 Å². The highest BCUT2D eigenvalue weighted by Gasteiger charge is 2.23. The van der Waals surface area contributed by atoms with Crippen LogP contribution in [0.15, 0.2) is 18.2 Å². The second-order valence-corrected chi connectivity index (χ2v) is 5.01. The molecule has 96 valence electrons. The van der Waals surface area contributed by atoms with Gasteiger partial charge in [0.05, 0.1) is 5.60 Å². The molecule has 0 aliphatic carbocycles. The van der Waals surface area contributed by atoms with Gasteiger partial charge in [0.15, 0.2) is 0 Å². The van der Waals surface area contributed by atoms with E-state index >= 15 is 0 Å². The van der Waals surface area contributed by atoms with Gasteiger partial charge >= 0.3 is 0 Å². The zero-order valence-corrected chi connectivity index (χ0v) is 11.3. The van der Waals surface area contributed by atoms with Crippen LogP contribution in [0.3, 0.4) is 0 Å². The quantitative estimate of drug-likeness (QED) is 0.852. The predicted molar refractivity (Wildman–Crippen MR) is 68.6 cm³/mol. The molecule has 0 spiro atoms. The van der Waals surface area contributed by atoms with Crippen molar-refractivity contribution in [2.45, 2.75) is 38.8 Å². The SMILES string of the molecule is CNC(CC(C)(C)OC)c1ccc(F)cc1C. The molecule has 3 heteroatoms. The van der Waals surface area contributed by atoms with Gasteiger partial charge in [-0.1, -0.05) is 6.07 Å². The highest BCUT2D eigenvalue weighted by atomic mass is 19.1. The van der Waals surface area contributed by atoms with Crippen LogP contribution >= 0.6 is 0 Å². The van der Waals surface area contributed by atoms with E-state index in [1.807, 2.05) is 20.0 Å². The lowest BCUT2D eigenvalue weighted by atomic mass is 9.91. The summed E-state index contributed by atoms with van der Waals surface area (Å²) in [7, 11) is 3.63. The molecule has 0 saturated carbocycles. The van der Waals surface area contributed by atoms with Gasteiger partial charge in [-0.2, -0.15) is 0 Å². The van der Waals surface area contributed by atoms with Crippen molar-refractivity contribution < 1.29 is 9.13 Å². The summed E-state index contributed by atoms with van der Waals surface area (Å²) in [6.45, 7) is 6.04. The zero-order chi connectivity index (χ0) is 13.1. The molecule has 17 heavy (non-hydrogen) atoms. The number of halogens is 1. The van der Waals surface area contributed by atoms with E-state index in [1.165, 1.54) is 6.07 Å². The molecule has 0 bridgehead atoms. The minimum atomic E-state index is -0.200. The van der Waals surface area contributed by atoms with Gasteiger partial charge < -0.3 is 10.1 Å². The Labute approximate surface area is 103 Å². The lowest BCUT2D eigenvalue weighted by Crippen LogP contribution is -2.30. The van der Waals surface area contributed by atoms with Gasteiger partial charge in [0.2, 0.25) is 0 Å². The minimum absolute atomic E-state index is 0.172. The van der Waals surface area contributed by atoms with Crippen molar-refractivity contribution >= 4 is 0 Å². The molecule has 1 atom stereocenters. The minimum Gasteiger partial charge on any atom is -0.379 e. The molecule has 0 heterocycles. The third-order valence-electron chi connectivity index (χ3n) is 3.20. The van der Waals surface area contributed by atoms with Crippen molar-refractivity contribution in [3.63, 3.8) is 0 Å². The van der Waals surface area contributed by atoms with Gasteiger partial charge in [-0.25, -0.2) is 4.39 Å². The second-order valence-electron chi connectivity index (χ2n) is 5.01. The molecule has 0 aliphatic heterocycles. The summed E-state index contributed by atoms with van der Waals surface area (Å²) in [4.78, 5) is 0. The molecule has 1 aromatic carbocycles. The second kappa shape index (κ2) is 5.61.